The summed E-state index contributed by atoms with van der Waals surface area (Å²) in [7, 11) is 1.59. The molecule has 0 amide bonds. The van der Waals surface area contributed by atoms with Gasteiger partial charge in [0, 0.05) is 17.0 Å². The van der Waals surface area contributed by atoms with Crippen molar-refractivity contribution in [2.75, 3.05) is 7.11 Å². The van der Waals surface area contributed by atoms with E-state index >= 15 is 0 Å². The van der Waals surface area contributed by atoms with E-state index < -0.39 is 0 Å². The third-order valence-electron chi connectivity index (χ3n) is 3.59. The number of ether oxygens (including phenoxy) is 1. The second-order valence-electron chi connectivity index (χ2n) is 5.02. The van der Waals surface area contributed by atoms with Crippen molar-refractivity contribution in [2.45, 2.75) is 0 Å². The Kier molecular flexibility index (Phi) is 3.24. The predicted octanol–water partition coefficient (Wildman–Crippen LogP) is 3.96. The monoisotopic (exact) mass is 303 g/mol. The third-order valence-corrected chi connectivity index (χ3v) is 3.59. The van der Waals surface area contributed by atoms with Crippen LogP contribution in [0.2, 0.25) is 0 Å². The number of hydrogen-bond acceptors (Lipinski definition) is 5. The molecule has 0 atom stereocenters. The first-order valence-corrected chi connectivity index (χ1v) is 7.18. The molecule has 5 nitrogen and oxygen atoms in total. The first kappa shape index (κ1) is 13.5. The Morgan fingerprint density at radius 1 is 0.913 bits per heavy atom. The van der Waals surface area contributed by atoms with E-state index in [2.05, 4.69) is 15.1 Å². The van der Waals surface area contributed by atoms with Crippen LogP contribution in [0.4, 0.5) is 0 Å². The maximum Gasteiger partial charge on any atom is 0.259 e. The van der Waals surface area contributed by atoms with E-state index in [1.165, 1.54) is 0 Å². The van der Waals surface area contributed by atoms with Gasteiger partial charge in [0.05, 0.1) is 18.2 Å². The lowest BCUT2D eigenvalue weighted by Crippen LogP contribution is -1.91. The molecule has 2 heterocycles. The summed E-state index contributed by atoms with van der Waals surface area (Å²) < 4.78 is 10.7. The highest BCUT2D eigenvalue weighted by Gasteiger charge is 2.15. The molecule has 5 heteroatoms. The molecule has 112 valence electrons. The molecule has 4 rings (SSSR count). The number of aromatic nitrogens is 3. The van der Waals surface area contributed by atoms with Crippen LogP contribution in [0.1, 0.15) is 0 Å². The zero-order chi connectivity index (χ0) is 15.6. The summed E-state index contributed by atoms with van der Waals surface area (Å²) in [4.78, 5) is 8.95. The van der Waals surface area contributed by atoms with Crippen molar-refractivity contribution in [3.05, 3.63) is 60.7 Å². The minimum absolute atomic E-state index is 0.445. The molecule has 0 saturated carbocycles. The largest absolute Gasteiger partial charge is 0.481 e. The maximum absolute atomic E-state index is 5.47. The van der Waals surface area contributed by atoms with E-state index in [1.54, 1.807) is 7.11 Å². The van der Waals surface area contributed by atoms with Gasteiger partial charge in [-0.25, -0.2) is 4.98 Å². The standard InChI is InChI=1S/C18H13N3O2/c1-22-16-11-14(13-9-5-6-10-15(13)19-16)18-20-17(21-23-18)12-7-3-2-4-8-12/h2-11H,1H3. The summed E-state index contributed by atoms with van der Waals surface area (Å²) in [5, 5.41) is 5.02. The Morgan fingerprint density at radius 3 is 2.52 bits per heavy atom. The predicted molar refractivity (Wildman–Crippen MR) is 87.0 cm³/mol. The van der Waals surface area contributed by atoms with Gasteiger partial charge in [-0.05, 0) is 6.07 Å². The van der Waals surface area contributed by atoms with Crippen LogP contribution in [-0.4, -0.2) is 22.2 Å². The fraction of sp³-hybridized carbons (Fsp3) is 0.0556. The number of nitrogens with zero attached hydrogens (tertiary/aromatic N) is 3. The van der Waals surface area contributed by atoms with Gasteiger partial charge >= 0.3 is 0 Å². The normalized spacial score (nSPS) is 10.8. The summed E-state index contributed by atoms with van der Waals surface area (Å²) in [6.07, 6.45) is 0. The molecule has 0 fully saturated rings. The Morgan fingerprint density at radius 2 is 1.70 bits per heavy atom. The summed E-state index contributed by atoms with van der Waals surface area (Å²) >= 11 is 0. The molecule has 0 bridgehead atoms. The van der Waals surface area contributed by atoms with Gasteiger partial charge in [0.25, 0.3) is 5.89 Å². The van der Waals surface area contributed by atoms with Crippen molar-refractivity contribution in [1.82, 2.24) is 15.1 Å². The van der Waals surface area contributed by atoms with Gasteiger partial charge in [-0.1, -0.05) is 53.7 Å². The fourth-order valence-electron chi connectivity index (χ4n) is 2.47. The quantitative estimate of drug-likeness (QED) is 0.573. The highest BCUT2D eigenvalue weighted by atomic mass is 16.5. The van der Waals surface area contributed by atoms with E-state index in [4.69, 9.17) is 9.26 Å². The summed E-state index contributed by atoms with van der Waals surface area (Å²) in [6.45, 7) is 0. The van der Waals surface area contributed by atoms with Crippen molar-refractivity contribution in [2.24, 2.45) is 0 Å². The molecule has 0 aliphatic carbocycles. The van der Waals surface area contributed by atoms with Gasteiger partial charge in [0.2, 0.25) is 11.7 Å². The van der Waals surface area contributed by atoms with Gasteiger partial charge in [-0.3, -0.25) is 0 Å². The molecule has 4 aromatic rings. The second kappa shape index (κ2) is 5.53. The smallest absolute Gasteiger partial charge is 0.259 e. The lowest BCUT2D eigenvalue weighted by Gasteiger charge is -2.05. The van der Waals surface area contributed by atoms with Crippen LogP contribution in [-0.2, 0) is 0 Å². The van der Waals surface area contributed by atoms with E-state index in [9.17, 15) is 0 Å². The van der Waals surface area contributed by atoms with Gasteiger partial charge in [-0.2, -0.15) is 4.98 Å². The second-order valence-corrected chi connectivity index (χ2v) is 5.02. The van der Waals surface area contributed by atoms with Gasteiger partial charge < -0.3 is 9.26 Å². The average molecular weight is 303 g/mol. The maximum atomic E-state index is 5.47. The van der Waals surface area contributed by atoms with Crippen LogP contribution in [0.5, 0.6) is 5.88 Å². The Balaban J connectivity index is 1.88. The van der Waals surface area contributed by atoms with Crippen molar-refractivity contribution >= 4 is 10.9 Å². The minimum atomic E-state index is 0.445. The first-order valence-electron chi connectivity index (χ1n) is 7.18. The molecule has 0 spiro atoms. The van der Waals surface area contributed by atoms with Crippen LogP contribution in [0.25, 0.3) is 33.7 Å². The highest BCUT2D eigenvalue weighted by Crippen LogP contribution is 2.31. The van der Waals surface area contributed by atoms with Crippen LogP contribution in [0, 0.1) is 0 Å². The molecule has 0 unspecified atom stereocenters. The van der Waals surface area contributed by atoms with Crippen molar-refractivity contribution in [3.63, 3.8) is 0 Å². The summed E-state index contributed by atoms with van der Waals surface area (Å²) in [5.41, 5.74) is 2.54. The van der Waals surface area contributed by atoms with E-state index in [1.807, 2.05) is 60.7 Å². The van der Waals surface area contributed by atoms with Gasteiger partial charge in [0.15, 0.2) is 0 Å². The fourth-order valence-corrected chi connectivity index (χ4v) is 2.47. The molecular formula is C18H13N3O2. The van der Waals surface area contributed by atoms with Crippen LogP contribution >= 0.6 is 0 Å². The highest BCUT2D eigenvalue weighted by molar-refractivity contribution is 5.93. The van der Waals surface area contributed by atoms with Crippen LogP contribution in [0.3, 0.4) is 0 Å². The van der Waals surface area contributed by atoms with E-state index in [0.717, 1.165) is 22.0 Å². The molecule has 0 aliphatic rings. The number of fused-ring (bicyclic) bond motifs is 1. The molecule has 0 aliphatic heterocycles. The Hall–Kier alpha value is -3.21. The summed E-state index contributed by atoms with van der Waals surface area (Å²) in [5.74, 6) is 1.51. The molecule has 23 heavy (non-hydrogen) atoms. The molecule has 0 radical (unpaired) electrons. The van der Waals surface area contributed by atoms with E-state index in [-0.39, 0.29) is 0 Å². The summed E-state index contributed by atoms with van der Waals surface area (Å²) in [6, 6.07) is 19.3. The van der Waals surface area contributed by atoms with E-state index in [0.29, 0.717) is 17.6 Å². The number of para-hydroxylation sites is 1. The number of hydrogen-bond donors (Lipinski definition) is 0. The Labute approximate surface area is 132 Å². The topological polar surface area (TPSA) is 61.0 Å². The van der Waals surface area contributed by atoms with Gasteiger partial charge in [-0.15, -0.1) is 0 Å². The van der Waals surface area contributed by atoms with Crippen molar-refractivity contribution < 1.29 is 9.26 Å². The molecule has 0 saturated heterocycles. The van der Waals surface area contributed by atoms with Crippen molar-refractivity contribution in [1.29, 1.82) is 0 Å². The molecular weight excluding hydrogens is 290 g/mol. The minimum Gasteiger partial charge on any atom is -0.481 e. The van der Waals surface area contributed by atoms with Crippen molar-refractivity contribution in [3.8, 4) is 28.7 Å². The molecule has 2 aromatic carbocycles. The zero-order valence-corrected chi connectivity index (χ0v) is 12.4. The molecule has 0 N–H and O–H groups in total. The van der Waals surface area contributed by atoms with Crippen LogP contribution < -0.4 is 4.74 Å². The average Bonchev–Trinajstić information content (AvgIpc) is 3.11. The third kappa shape index (κ3) is 2.42. The van der Waals surface area contributed by atoms with Gasteiger partial charge in [0.1, 0.15) is 0 Å². The lowest BCUT2D eigenvalue weighted by molar-refractivity contribution is 0.399. The first-order chi connectivity index (χ1) is 11.3. The number of methoxy groups -OCH3 is 1. The lowest BCUT2D eigenvalue weighted by atomic mass is 10.1. The number of benzene rings is 2. The Bertz CT molecular complexity index is 964. The number of rotatable bonds is 3. The SMILES string of the molecule is COc1cc(-c2nc(-c3ccccc3)no2)c2ccccc2n1. The number of pyridine rings is 1. The molecule has 2 aromatic heterocycles. The van der Waals surface area contributed by atoms with Crippen LogP contribution in [0.15, 0.2) is 65.2 Å². The zero-order valence-electron chi connectivity index (χ0n) is 12.4.